The van der Waals surface area contributed by atoms with Crippen molar-refractivity contribution in [1.82, 2.24) is 0 Å². The maximum absolute atomic E-state index is 12.7. The zero-order valence-corrected chi connectivity index (χ0v) is 16.5. The SMILES string of the molecule is COc1ccc(-c2cc3c(c(=O)o2)C=C2CCCC(OC=O)C2(C)O3)cc1OC. The van der Waals surface area contributed by atoms with Crippen LogP contribution < -0.4 is 19.8 Å². The van der Waals surface area contributed by atoms with E-state index in [1.165, 1.54) is 7.11 Å². The lowest BCUT2D eigenvalue weighted by Crippen LogP contribution is -2.51. The minimum Gasteiger partial charge on any atom is -0.493 e. The largest absolute Gasteiger partial charge is 0.493 e. The van der Waals surface area contributed by atoms with E-state index in [1.807, 2.05) is 13.0 Å². The average molecular weight is 398 g/mol. The Hall–Kier alpha value is -3.22. The van der Waals surface area contributed by atoms with Gasteiger partial charge in [-0.2, -0.15) is 0 Å². The van der Waals surface area contributed by atoms with Gasteiger partial charge in [0.25, 0.3) is 6.47 Å². The van der Waals surface area contributed by atoms with Crippen molar-refractivity contribution in [3.05, 3.63) is 45.8 Å². The maximum atomic E-state index is 12.7. The van der Waals surface area contributed by atoms with E-state index < -0.39 is 17.3 Å². The smallest absolute Gasteiger partial charge is 0.347 e. The molecular weight excluding hydrogens is 376 g/mol. The molecular formula is C22H22O7. The molecule has 0 radical (unpaired) electrons. The summed E-state index contributed by atoms with van der Waals surface area (Å²) in [4.78, 5) is 23.6. The number of ether oxygens (including phenoxy) is 4. The fraction of sp³-hybridized carbons (Fsp3) is 0.364. The van der Waals surface area contributed by atoms with Crippen molar-refractivity contribution in [2.75, 3.05) is 14.2 Å². The molecule has 2 aromatic rings. The van der Waals surface area contributed by atoms with Crippen LogP contribution in [0.2, 0.25) is 0 Å². The third-order valence-corrected chi connectivity index (χ3v) is 5.64. The molecule has 0 spiro atoms. The third kappa shape index (κ3) is 3.16. The first-order chi connectivity index (χ1) is 14.0. The summed E-state index contributed by atoms with van der Waals surface area (Å²) in [6.07, 6.45) is 3.72. The van der Waals surface area contributed by atoms with Crippen LogP contribution in [0.4, 0.5) is 0 Å². The molecule has 0 amide bonds. The number of hydrogen-bond donors (Lipinski definition) is 0. The topological polar surface area (TPSA) is 84.2 Å². The highest BCUT2D eigenvalue weighted by atomic mass is 16.6. The van der Waals surface area contributed by atoms with E-state index in [4.69, 9.17) is 23.4 Å². The number of carbonyl (C=O) groups is 1. The first-order valence-corrected chi connectivity index (χ1v) is 9.40. The Kier molecular flexibility index (Phi) is 4.82. The monoisotopic (exact) mass is 398 g/mol. The predicted molar refractivity (Wildman–Crippen MR) is 105 cm³/mol. The van der Waals surface area contributed by atoms with Crippen LogP contribution >= 0.6 is 0 Å². The van der Waals surface area contributed by atoms with Crippen LogP contribution in [0.1, 0.15) is 31.7 Å². The molecule has 1 fully saturated rings. The fourth-order valence-electron chi connectivity index (χ4n) is 4.05. The lowest BCUT2D eigenvalue weighted by molar-refractivity contribution is -0.145. The van der Waals surface area contributed by atoms with E-state index >= 15 is 0 Å². The number of fused-ring (bicyclic) bond motifs is 2. The molecule has 1 aliphatic heterocycles. The van der Waals surface area contributed by atoms with Gasteiger partial charge in [-0.05, 0) is 56.0 Å². The quantitative estimate of drug-likeness (QED) is 0.712. The second kappa shape index (κ2) is 7.31. The summed E-state index contributed by atoms with van der Waals surface area (Å²) in [6, 6.07) is 6.93. The zero-order valence-electron chi connectivity index (χ0n) is 16.5. The Morgan fingerprint density at radius 1 is 1.17 bits per heavy atom. The maximum Gasteiger partial charge on any atom is 0.347 e. The van der Waals surface area contributed by atoms with E-state index in [-0.39, 0.29) is 0 Å². The molecule has 2 unspecified atom stereocenters. The molecule has 2 atom stereocenters. The first kappa shape index (κ1) is 19.1. The molecule has 7 heteroatoms. The molecule has 1 aromatic carbocycles. The van der Waals surface area contributed by atoms with Crippen molar-refractivity contribution in [3.63, 3.8) is 0 Å². The van der Waals surface area contributed by atoms with Crippen LogP contribution in [-0.4, -0.2) is 32.4 Å². The van der Waals surface area contributed by atoms with Crippen molar-refractivity contribution >= 4 is 12.5 Å². The first-order valence-electron chi connectivity index (χ1n) is 9.40. The summed E-state index contributed by atoms with van der Waals surface area (Å²) in [7, 11) is 3.09. The zero-order chi connectivity index (χ0) is 20.6. The number of benzene rings is 1. The highest BCUT2D eigenvalue weighted by Crippen LogP contribution is 2.44. The van der Waals surface area contributed by atoms with Crippen molar-refractivity contribution in [2.45, 2.75) is 37.9 Å². The summed E-state index contributed by atoms with van der Waals surface area (Å²) >= 11 is 0. The Morgan fingerprint density at radius 2 is 1.97 bits per heavy atom. The molecule has 0 N–H and O–H groups in total. The standard InChI is InChI=1S/C22H22O7/c1-22-14(5-4-6-20(22)27-12-23)10-15-18(29-22)11-17(28-21(15)24)13-7-8-16(25-2)19(9-13)26-3/h7-12,20H,4-6H2,1-3H3. The van der Waals surface area contributed by atoms with Crippen molar-refractivity contribution in [1.29, 1.82) is 0 Å². The molecule has 4 rings (SSSR count). The Bertz CT molecular complexity index is 1040. The normalized spacial score (nSPS) is 22.4. The lowest BCUT2D eigenvalue weighted by atomic mass is 9.77. The lowest BCUT2D eigenvalue weighted by Gasteiger charge is -2.44. The van der Waals surface area contributed by atoms with E-state index in [9.17, 15) is 9.59 Å². The minimum absolute atomic E-state index is 0.346. The van der Waals surface area contributed by atoms with E-state index in [2.05, 4.69) is 0 Å². The van der Waals surface area contributed by atoms with Gasteiger partial charge in [0.05, 0.1) is 14.2 Å². The van der Waals surface area contributed by atoms with Crippen LogP contribution in [0.3, 0.4) is 0 Å². The van der Waals surface area contributed by atoms with Gasteiger partial charge < -0.3 is 23.4 Å². The van der Waals surface area contributed by atoms with Gasteiger partial charge in [-0.15, -0.1) is 0 Å². The van der Waals surface area contributed by atoms with Crippen LogP contribution in [0.15, 0.2) is 39.1 Å². The second-order valence-corrected chi connectivity index (χ2v) is 7.24. The summed E-state index contributed by atoms with van der Waals surface area (Å²) in [5.41, 5.74) is 0.646. The molecule has 1 aliphatic carbocycles. The van der Waals surface area contributed by atoms with Crippen molar-refractivity contribution in [3.8, 4) is 28.6 Å². The van der Waals surface area contributed by atoms with Gasteiger partial charge in [-0.1, -0.05) is 0 Å². The van der Waals surface area contributed by atoms with Crippen molar-refractivity contribution < 1.29 is 28.2 Å². The van der Waals surface area contributed by atoms with Gasteiger partial charge in [0, 0.05) is 11.6 Å². The van der Waals surface area contributed by atoms with Gasteiger partial charge in [-0.25, -0.2) is 4.79 Å². The Balaban J connectivity index is 1.79. The molecule has 2 aliphatic rings. The van der Waals surface area contributed by atoms with E-state index in [1.54, 1.807) is 31.4 Å². The van der Waals surface area contributed by atoms with Gasteiger partial charge in [0.1, 0.15) is 23.2 Å². The summed E-state index contributed by atoms with van der Waals surface area (Å²) in [5, 5.41) is 0. The highest BCUT2D eigenvalue weighted by molar-refractivity contribution is 5.69. The third-order valence-electron chi connectivity index (χ3n) is 5.64. The fourth-order valence-corrected chi connectivity index (χ4v) is 4.05. The molecule has 29 heavy (non-hydrogen) atoms. The van der Waals surface area contributed by atoms with Gasteiger partial charge in [0.2, 0.25) is 0 Å². The molecule has 0 bridgehead atoms. The van der Waals surface area contributed by atoms with Crippen LogP contribution in [-0.2, 0) is 9.53 Å². The van der Waals surface area contributed by atoms with Crippen LogP contribution in [0.5, 0.6) is 17.2 Å². The molecule has 2 heterocycles. The van der Waals surface area contributed by atoms with E-state index in [0.29, 0.717) is 47.0 Å². The number of carbonyl (C=O) groups excluding carboxylic acids is 1. The highest BCUT2D eigenvalue weighted by Gasteiger charge is 2.47. The minimum atomic E-state index is -0.811. The van der Waals surface area contributed by atoms with Gasteiger partial charge >= 0.3 is 5.63 Å². The van der Waals surface area contributed by atoms with Crippen LogP contribution in [0, 0.1) is 0 Å². The van der Waals surface area contributed by atoms with Gasteiger partial charge in [0.15, 0.2) is 17.1 Å². The van der Waals surface area contributed by atoms with E-state index in [0.717, 1.165) is 18.4 Å². The average Bonchev–Trinajstić information content (AvgIpc) is 2.72. The molecule has 1 aromatic heterocycles. The second-order valence-electron chi connectivity index (χ2n) is 7.24. The molecule has 0 saturated heterocycles. The van der Waals surface area contributed by atoms with Crippen LogP contribution in [0.25, 0.3) is 17.4 Å². The number of methoxy groups -OCH3 is 2. The summed E-state index contributed by atoms with van der Waals surface area (Å²) in [6.45, 7) is 2.34. The van der Waals surface area contributed by atoms with Gasteiger partial charge in [-0.3, -0.25) is 4.79 Å². The van der Waals surface area contributed by atoms with Crippen molar-refractivity contribution in [2.24, 2.45) is 0 Å². The summed E-state index contributed by atoms with van der Waals surface area (Å²) in [5.74, 6) is 1.84. The Labute approximate surface area is 167 Å². The number of hydrogen-bond acceptors (Lipinski definition) is 7. The molecule has 7 nitrogen and oxygen atoms in total. The summed E-state index contributed by atoms with van der Waals surface area (Å²) < 4.78 is 27.7. The predicted octanol–water partition coefficient (Wildman–Crippen LogP) is 3.58. The Morgan fingerprint density at radius 3 is 2.69 bits per heavy atom. The molecule has 1 saturated carbocycles. The number of rotatable bonds is 5. The molecule has 152 valence electrons.